The van der Waals surface area contributed by atoms with Gasteiger partial charge in [0.1, 0.15) is 5.82 Å². The maximum Gasteiger partial charge on any atom is 0.193 e. The van der Waals surface area contributed by atoms with Crippen molar-refractivity contribution in [1.82, 2.24) is 15.1 Å². The van der Waals surface area contributed by atoms with Gasteiger partial charge in [0.25, 0.3) is 0 Å². The number of methoxy groups -OCH3 is 1. The zero-order valence-electron chi connectivity index (χ0n) is 19.5. The van der Waals surface area contributed by atoms with Gasteiger partial charge in [0, 0.05) is 71.1 Å². The van der Waals surface area contributed by atoms with Crippen LogP contribution in [0.5, 0.6) is 0 Å². The molecule has 0 aliphatic carbocycles. The number of nitrogens with one attached hydrogen (secondary N) is 1. The van der Waals surface area contributed by atoms with E-state index in [4.69, 9.17) is 14.5 Å². The van der Waals surface area contributed by atoms with E-state index in [2.05, 4.69) is 26.9 Å². The summed E-state index contributed by atoms with van der Waals surface area (Å²) in [5, 5.41) is 3.45. The second-order valence-corrected chi connectivity index (χ2v) is 8.21. The van der Waals surface area contributed by atoms with Gasteiger partial charge in [-0.2, -0.15) is 0 Å². The van der Waals surface area contributed by atoms with Gasteiger partial charge in [0.15, 0.2) is 5.96 Å². The normalized spacial score (nSPS) is 19.8. The molecular weight excluding hydrogens is 524 g/mol. The summed E-state index contributed by atoms with van der Waals surface area (Å²) in [6.45, 7) is 12.8. The molecule has 1 atom stereocenters. The highest BCUT2D eigenvalue weighted by molar-refractivity contribution is 14.0. The Balaban J connectivity index is 0.00000363. The molecule has 182 valence electrons. The molecule has 1 unspecified atom stereocenters. The number of benzene rings is 1. The van der Waals surface area contributed by atoms with E-state index in [1.54, 1.807) is 7.11 Å². The van der Waals surface area contributed by atoms with Crippen LogP contribution in [0.15, 0.2) is 29.3 Å². The molecule has 2 aliphatic heterocycles. The molecule has 1 N–H and O–H groups in total. The van der Waals surface area contributed by atoms with E-state index in [1.807, 2.05) is 12.1 Å². The zero-order chi connectivity index (χ0) is 21.9. The fourth-order valence-electron chi connectivity index (χ4n) is 4.16. The van der Waals surface area contributed by atoms with Gasteiger partial charge in [-0.05, 0) is 37.6 Å². The molecule has 2 saturated heterocycles. The van der Waals surface area contributed by atoms with E-state index in [0.717, 1.165) is 83.6 Å². The van der Waals surface area contributed by atoms with Crippen LogP contribution in [-0.2, 0) is 9.47 Å². The van der Waals surface area contributed by atoms with Crippen LogP contribution in [0.25, 0.3) is 0 Å². The van der Waals surface area contributed by atoms with Gasteiger partial charge >= 0.3 is 0 Å². The first kappa shape index (κ1) is 27.1. The SMILES string of the molecule is CCNC(=NCCN1CCN(c2ccc(F)cc2)CC1)N1CCC(COCCOC)C1.I. The Hall–Kier alpha value is -1.17. The number of likely N-dealkylation sites (tertiary alicyclic amines) is 1. The number of hydrogen-bond donors (Lipinski definition) is 1. The number of halogens is 2. The molecule has 1 aromatic rings. The molecular formula is C23H39FIN5O2. The maximum absolute atomic E-state index is 13.1. The van der Waals surface area contributed by atoms with Crippen molar-refractivity contribution < 1.29 is 13.9 Å². The number of nitrogens with zero attached hydrogens (tertiary/aromatic N) is 4. The van der Waals surface area contributed by atoms with E-state index >= 15 is 0 Å². The first-order chi connectivity index (χ1) is 15.2. The van der Waals surface area contributed by atoms with Gasteiger partial charge in [-0.25, -0.2) is 4.39 Å². The average molecular weight is 564 g/mol. The van der Waals surface area contributed by atoms with Gasteiger partial charge in [-0.15, -0.1) is 24.0 Å². The monoisotopic (exact) mass is 563 g/mol. The van der Waals surface area contributed by atoms with Gasteiger partial charge in [0.05, 0.1) is 26.4 Å². The van der Waals surface area contributed by atoms with Gasteiger partial charge in [-0.3, -0.25) is 9.89 Å². The van der Waals surface area contributed by atoms with Gasteiger partial charge < -0.3 is 24.6 Å². The van der Waals surface area contributed by atoms with E-state index < -0.39 is 0 Å². The predicted molar refractivity (Wildman–Crippen MR) is 139 cm³/mol. The van der Waals surface area contributed by atoms with Crippen molar-refractivity contribution in [3.05, 3.63) is 30.1 Å². The Kier molecular flexibility index (Phi) is 12.6. The standard InChI is InChI=1S/C23H38FN5O2.HI/c1-3-25-23(29-10-8-20(18-29)19-31-17-16-30-2)26-9-11-27-12-14-28(15-13-27)22-6-4-21(24)5-7-22;/h4-7,20H,3,8-19H2,1-2H3,(H,25,26);1H. The molecule has 2 fully saturated rings. The van der Waals surface area contributed by atoms with Crippen molar-refractivity contribution in [3.8, 4) is 0 Å². The highest BCUT2D eigenvalue weighted by Crippen LogP contribution is 2.18. The lowest BCUT2D eigenvalue weighted by molar-refractivity contribution is 0.0536. The van der Waals surface area contributed by atoms with Crippen LogP contribution in [0.4, 0.5) is 10.1 Å². The number of rotatable bonds is 10. The molecule has 0 spiro atoms. The molecule has 0 aromatic heterocycles. The van der Waals surface area contributed by atoms with Crippen molar-refractivity contribution in [2.75, 3.05) is 90.7 Å². The van der Waals surface area contributed by atoms with Crippen LogP contribution in [0.3, 0.4) is 0 Å². The van der Waals surface area contributed by atoms with Crippen LogP contribution in [0.2, 0.25) is 0 Å². The summed E-state index contributed by atoms with van der Waals surface area (Å²) in [6.07, 6.45) is 1.14. The Labute approximate surface area is 209 Å². The average Bonchev–Trinajstić information content (AvgIpc) is 3.26. The second kappa shape index (κ2) is 14.9. The Bertz CT molecular complexity index is 671. The minimum atomic E-state index is -0.181. The number of guanidine groups is 1. The molecule has 2 aliphatic rings. The number of anilines is 1. The summed E-state index contributed by atoms with van der Waals surface area (Å²) in [6, 6.07) is 6.80. The predicted octanol–water partition coefficient (Wildman–Crippen LogP) is 2.52. The lowest BCUT2D eigenvalue weighted by atomic mass is 10.1. The van der Waals surface area contributed by atoms with Crippen LogP contribution < -0.4 is 10.2 Å². The summed E-state index contributed by atoms with van der Waals surface area (Å²) in [4.78, 5) is 12.0. The third-order valence-electron chi connectivity index (χ3n) is 5.95. The summed E-state index contributed by atoms with van der Waals surface area (Å²) in [5.41, 5.74) is 1.10. The van der Waals surface area contributed by atoms with Crippen molar-refractivity contribution in [1.29, 1.82) is 0 Å². The van der Waals surface area contributed by atoms with Crippen LogP contribution in [0.1, 0.15) is 13.3 Å². The maximum atomic E-state index is 13.1. The van der Waals surface area contributed by atoms with Crippen molar-refractivity contribution in [2.24, 2.45) is 10.9 Å². The van der Waals surface area contributed by atoms with E-state index in [0.29, 0.717) is 19.1 Å². The molecule has 0 bridgehead atoms. The van der Waals surface area contributed by atoms with Crippen LogP contribution in [-0.4, -0.2) is 102 Å². The Morgan fingerprint density at radius 2 is 1.88 bits per heavy atom. The number of ether oxygens (including phenoxy) is 2. The minimum Gasteiger partial charge on any atom is -0.382 e. The van der Waals surface area contributed by atoms with E-state index in [1.165, 1.54) is 12.1 Å². The topological polar surface area (TPSA) is 52.6 Å². The Morgan fingerprint density at radius 1 is 1.12 bits per heavy atom. The quantitative estimate of drug-likeness (QED) is 0.205. The second-order valence-electron chi connectivity index (χ2n) is 8.21. The molecule has 9 heteroatoms. The molecule has 7 nitrogen and oxygen atoms in total. The third kappa shape index (κ3) is 8.64. The van der Waals surface area contributed by atoms with E-state index in [-0.39, 0.29) is 29.8 Å². The fraction of sp³-hybridized carbons (Fsp3) is 0.696. The van der Waals surface area contributed by atoms with Crippen molar-refractivity contribution >= 4 is 35.6 Å². The van der Waals surface area contributed by atoms with Crippen LogP contribution >= 0.6 is 24.0 Å². The Morgan fingerprint density at radius 3 is 2.56 bits per heavy atom. The lowest BCUT2D eigenvalue weighted by Crippen LogP contribution is -2.47. The summed E-state index contributed by atoms with van der Waals surface area (Å²) in [7, 11) is 1.70. The lowest BCUT2D eigenvalue weighted by Gasteiger charge is -2.36. The minimum absolute atomic E-state index is 0. The number of hydrogen-bond acceptors (Lipinski definition) is 5. The number of aliphatic imine (C=N–C) groups is 1. The molecule has 32 heavy (non-hydrogen) atoms. The largest absolute Gasteiger partial charge is 0.382 e. The third-order valence-corrected chi connectivity index (χ3v) is 5.95. The van der Waals surface area contributed by atoms with Crippen molar-refractivity contribution in [2.45, 2.75) is 13.3 Å². The van der Waals surface area contributed by atoms with Crippen LogP contribution in [0, 0.1) is 11.7 Å². The first-order valence-electron chi connectivity index (χ1n) is 11.5. The molecule has 0 amide bonds. The summed E-state index contributed by atoms with van der Waals surface area (Å²) < 4.78 is 23.9. The molecule has 2 heterocycles. The van der Waals surface area contributed by atoms with Gasteiger partial charge in [-0.1, -0.05) is 0 Å². The summed E-state index contributed by atoms with van der Waals surface area (Å²) >= 11 is 0. The zero-order valence-corrected chi connectivity index (χ0v) is 21.8. The number of piperazine rings is 1. The molecule has 0 saturated carbocycles. The van der Waals surface area contributed by atoms with Crippen molar-refractivity contribution in [3.63, 3.8) is 0 Å². The fourth-order valence-corrected chi connectivity index (χ4v) is 4.16. The van der Waals surface area contributed by atoms with Gasteiger partial charge in [0.2, 0.25) is 0 Å². The van der Waals surface area contributed by atoms with E-state index in [9.17, 15) is 4.39 Å². The highest BCUT2D eigenvalue weighted by Gasteiger charge is 2.25. The molecule has 1 aromatic carbocycles. The highest BCUT2D eigenvalue weighted by atomic mass is 127. The molecule has 3 rings (SSSR count). The first-order valence-corrected chi connectivity index (χ1v) is 11.5. The molecule has 0 radical (unpaired) electrons. The summed E-state index contributed by atoms with van der Waals surface area (Å²) in [5.74, 6) is 1.40. The smallest absolute Gasteiger partial charge is 0.193 e.